The van der Waals surface area contributed by atoms with Gasteiger partial charge in [-0.15, -0.1) is 10.2 Å². The molecular weight excluding hydrogens is 196 g/mol. The second-order valence-electron chi connectivity index (χ2n) is 3.69. The van der Waals surface area contributed by atoms with Gasteiger partial charge >= 0.3 is 0 Å². The van der Waals surface area contributed by atoms with E-state index in [0.29, 0.717) is 12.5 Å². The lowest BCUT2D eigenvalue weighted by Gasteiger charge is -2.04. The molecule has 0 aliphatic carbocycles. The molecule has 0 radical (unpaired) electrons. The molecule has 1 heterocycles. The van der Waals surface area contributed by atoms with Gasteiger partial charge in [-0.25, -0.2) is 0 Å². The van der Waals surface area contributed by atoms with Gasteiger partial charge in [0, 0.05) is 25.8 Å². The molecule has 0 saturated carbocycles. The van der Waals surface area contributed by atoms with E-state index in [1.54, 1.807) is 11.8 Å². The third-order valence-corrected chi connectivity index (χ3v) is 2.92. The van der Waals surface area contributed by atoms with E-state index in [1.165, 1.54) is 0 Å². The topological polar surface area (TPSA) is 56.7 Å². The summed E-state index contributed by atoms with van der Waals surface area (Å²) in [7, 11) is 2.01. The minimum Gasteiger partial charge on any atom is -0.330 e. The minimum absolute atomic E-state index is 0.616. The Morgan fingerprint density at radius 3 is 2.71 bits per heavy atom. The second-order valence-corrected chi connectivity index (χ2v) is 4.75. The van der Waals surface area contributed by atoms with Crippen molar-refractivity contribution >= 4 is 11.8 Å². The van der Waals surface area contributed by atoms with Crippen LogP contribution in [-0.2, 0) is 13.5 Å². The van der Waals surface area contributed by atoms with Crippen molar-refractivity contribution in [3.63, 3.8) is 0 Å². The predicted molar refractivity (Wildman–Crippen MR) is 59.3 cm³/mol. The van der Waals surface area contributed by atoms with Gasteiger partial charge in [0.05, 0.1) is 0 Å². The van der Waals surface area contributed by atoms with Crippen LogP contribution in [0.4, 0.5) is 0 Å². The van der Waals surface area contributed by atoms with Crippen molar-refractivity contribution in [2.75, 3.05) is 12.3 Å². The fraction of sp³-hybridized carbons (Fsp3) is 0.778. The summed E-state index contributed by atoms with van der Waals surface area (Å²) < 4.78 is 2.06. The highest BCUT2D eigenvalue weighted by Gasteiger charge is 2.09. The summed E-state index contributed by atoms with van der Waals surface area (Å²) in [6.07, 6.45) is 0.979. The van der Waals surface area contributed by atoms with E-state index in [1.807, 2.05) is 7.05 Å². The van der Waals surface area contributed by atoms with Crippen molar-refractivity contribution in [1.29, 1.82) is 0 Å². The lowest BCUT2D eigenvalue weighted by molar-refractivity contribution is 0.593. The maximum atomic E-state index is 5.44. The van der Waals surface area contributed by atoms with Crippen LogP contribution in [0.5, 0.6) is 0 Å². The van der Waals surface area contributed by atoms with Gasteiger partial charge in [0.2, 0.25) is 0 Å². The first kappa shape index (κ1) is 11.5. The van der Waals surface area contributed by atoms with Crippen molar-refractivity contribution in [3.05, 3.63) is 5.82 Å². The Hall–Kier alpha value is -0.550. The fourth-order valence-electron chi connectivity index (χ4n) is 1.16. The first-order valence-electron chi connectivity index (χ1n) is 4.86. The van der Waals surface area contributed by atoms with Gasteiger partial charge in [0.15, 0.2) is 5.16 Å². The Kier molecular flexibility index (Phi) is 4.41. The van der Waals surface area contributed by atoms with E-state index in [4.69, 9.17) is 5.73 Å². The fourth-order valence-corrected chi connectivity index (χ4v) is 1.86. The van der Waals surface area contributed by atoms with E-state index in [9.17, 15) is 0 Å². The van der Waals surface area contributed by atoms with Crippen molar-refractivity contribution < 1.29 is 0 Å². The number of aromatic nitrogens is 3. The summed E-state index contributed by atoms with van der Waals surface area (Å²) in [6.45, 7) is 5.04. The molecule has 1 aromatic rings. The average Bonchev–Trinajstić information content (AvgIpc) is 2.45. The highest BCUT2D eigenvalue weighted by atomic mass is 32.2. The Balaban J connectivity index is 2.65. The van der Waals surface area contributed by atoms with Gasteiger partial charge in [-0.2, -0.15) is 0 Å². The number of hydrogen-bond acceptors (Lipinski definition) is 4. The number of nitrogens with two attached hydrogens (primary N) is 1. The molecule has 0 amide bonds. The maximum Gasteiger partial charge on any atom is 0.190 e. The molecule has 0 aromatic carbocycles. The molecule has 0 aliphatic rings. The summed E-state index contributed by atoms with van der Waals surface area (Å²) in [5.74, 6) is 2.57. The Morgan fingerprint density at radius 2 is 2.14 bits per heavy atom. The molecule has 2 N–H and O–H groups in total. The standard InChI is InChI=1S/C9H18N4S/c1-7(2)6-8-11-12-9(13(8)3)14-5-4-10/h7H,4-6,10H2,1-3H3. The molecule has 5 heteroatoms. The summed E-state index contributed by atoms with van der Waals surface area (Å²) in [5.41, 5.74) is 5.44. The highest BCUT2D eigenvalue weighted by molar-refractivity contribution is 7.99. The van der Waals surface area contributed by atoms with Crippen LogP contribution in [0, 0.1) is 5.92 Å². The van der Waals surface area contributed by atoms with Crippen LogP contribution < -0.4 is 5.73 Å². The van der Waals surface area contributed by atoms with Crippen LogP contribution in [0.1, 0.15) is 19.7 Å². The van der Waals surface area contributed by atoms with Crippen molar-refractivity contribution in [2.24, 2.45) is 18.7 Å². The van der Waals surface area contributed by atoms with Crippen molar-refractivity contribution in [2.45, 2.75) is 25.4 Å². The average molecular weight is 214 g/mol. The number of rotatable bonds is 5. The molecule has 0 fully saturated rings. The summed E-state index contributed by atoms with van der Waals surface area (Å²) in [4.78, 5) is 0. The first-order chi connectivity index (χ1) is 6.65. The molecule has 14 heavy (non-hydrogen) atoms. The zero-order valence-electron chi connectivity index (χ0n) is 9.03. The SMILES string of the molecule is CC(C)Cc1nnc(SCCN)n1C. The number of thioether (sulfide) groups is 1. The van der Waals surface area contributed by atoms with E-state index in [-0.39, 0.29) is 0 Å². The molecule has 1 rings (SSSR count). The lowest BCUT2D eigenvalue weighted by atomic mass is 10.1. The van der Waals surface area contributed by atoms with Crippen LogP contribution >= 0.6 is 11.8 Å². The molecule has 1 aromatic heterocycles. The highest BCUT2D eigenvalue weighted by Crippen LogP contribution is 2.16. The van der Waals surface area contributed by atoms with Gasteiger partial charge in [-0.3, -0.25) is 0 Å². The largest absolute Gasteiger partial charge is 0.330 e. The zero-order chi connectivity index (χ0) is 10.6. The number of hydrogen-bond donors (Lipinski definition) is 1. The van der Waals surface area contributed by atoms with Crippen LogP contribution in [0.3, 0.4) is 0 Å². The molecule has 0 bridgehead atoms. The normalized spacial score (nSPS) is 11.2. The van der Waals surface area contributed by atoms with Crippen molar-refractivity contribution in [3.8, 4) is 0 Å². The van der Waals surface area contributed by atoms with Gasteiger partial charge in [0.25, 0.3) is 0 Å². The molecule has 0 aliphatic heterocycles. The molecule has 4 nitrogen and oxygen atoms in total. The van der Waals surface area contributed by atoms with Crippen molar-refractivity contribution in [1.82, 2.24) is 14.8 Å². The third-order valence-electron chi connectivity index (χ3n) is 1.86. The van der Waals surface area contributed by atoms with Crippen LogP contribution in [0.25, 0.3) is 0 Å². The summed E-state index contributed by atoms with van der Waals surface area (Å²) >= 11 is 1.66. The minimum atomic E-state index is 0.616. The Morgan fingerprint density at radius 1 is 1.43 bits per heavy atom. The Bertz CT molecular complexity index is 282. The smallest absolute Gasteiger partial charge is 0.190 e. The molecule has 80 valence electrons. The molecule has 0 unspecified atom stereocenters. The van der Waals surface area contributed by atoms with Gasteiger partial charge in [0.1, 0.15) is 5.82 Å². The van der Waals surface area contributed by atoms with Gasteiger partial charge in [-0.05, 0) is 5.92 Å². The van der Waals surface area contributed by atoms with E-state index in [0.717, 1.165) is 23.2 Å². The Labute approximate surface area is 89.3 Å². The summed E-state index contributed by atoms with van der Waals surface area (Å²) in [6, 6.07) is 0. The maximum absolute atomic E-state index is 5.44. The molecule has 0 saturated heterocycles. The summed E-state index contributed by atoms with van der Waals surface area (Å²) in [5, 5.41) is 9.25. The van der Waals surface area contributed by atoms with Gasteiger partial charge in [-0.1, -0.05) is 25.6 Å². The molecule has 0 spiro atoms. The zero-order valence-corrected chi connectivity index (χ0v) is 9.84. The monoisotopic (exact) mass is 214 g/mol. The predicted octanol–water partition coefficient (Wildman–Crippen LogP) is 1.06. The third kappa shape index (κ3) is 2.99. The first-order valence-corrected chi connectivity index (χ1v) is 5.84. The molecule has 0 atom stereocenters. The second kappa shape index (κ2) is 5.36. The number of nitrogens with zero attached hydrogens (tertiary/aromatic N) is 3. The lowest BCUT2D eigenvalue weighted by Crippen LogP contribution is -2.05. The van der Waals surface area contributed by atoms with Crippen LogP contribution in [0.15, 0.2) is 5.16 Å². The van der Waals surface area contributed by atoms with E-state index in [2.05, 4.69) is 28.6 Å². The van der Waals surface area contributed by atoms with E-state index >= 15 is 0 Å². The van der Waals surface area contributed by atoms with E-state index < -0.39 is 0 Å². The quantitative estimate of drug-likeness (QED) is 0.745. The molecular formula is C9H18N4S. The van der Waals surface area contributed by atoms with Crippen LogP contribution in [0.2, 0.25) is 0 Å². The van der Waals surface area contributed by atoms with Gasteiger partial charge < -0.3 is 10.3 Å². The van der Waals surface area contributed by atoms with Crippen LogP contribution in [-0.4, -0.2) is 27.1 Å².